The average Bonchev–Trinajstić information content (AvgIpc) is 3.11. The van der Waals surface area contributed by atoms with Crippen LogP contribution in [-0.4, -0.2) is 19.6 Å². The van der Waals surface area contributed by atoms with E-state index in [1.807, 2.05) is 24.3 Å². The summed E-state index contributed by atoms with van der Waals surface area (Å²) in [4.78, 5) is 12.6. The van der Waals surface area contributed by atoms with Crippen LogP contribution < -0.4 is 14.8 Å². The monoisotopic (exact) mass is 349 g/mol. The molecule has 0 aliphatic heterocycles. The zero-order chi connectivity index (χ0) is 18.3. The van der Waals surface area contributed by atoms with Crippen LogP contribution in [0.25, 0.3) is 0 Å². The Kier molecular flexibility index (Phi) is 4.19. The van der Waals surface area contributed by atoms with Gasteiger partial charge in [-0.25, -0.2) is 0 Å². The van der Waals surface area contributed by atoms with Crippen molar-refractivity contribution in [2.45, 2.75) is 26.8 Å². The van der Waals surface area contributed by atoms with Gasteiger partial charge < -0.3 is 14.8 Å². The molecule has 0 aromatic heterocycles. The Morgan fingerprint density at radius 2 is 2.08 bits per heavy atom. The van der Waals surface area contributed by atoms with Gasteiger partial charge in [0.05, 0.1) is 13.7 Å². The third-order valence-corrected chi connectivity index (χ3v) is 4.80. The molecule has 3 aliphatic carbocycles. The first kappa shape index (κ1) is 16.7. The second-order valence-corrected chi connectivity index (χ2v) is 7.26. The van der Waals surface area contributed by atoms with Crippen LogP contribution in [0.2, 0.25) is 0 Å². The standard InChI is InChI=1S/C22H23NO3/c1-13(2)12-26-16-5-4-14(21(10-16)25-3)11-23-22(24)18-7-6-17-19-8-15(19)9-20(17)18/h4-7,9-10,13H,8,11-12H2,1-3H3,(H,23,24). The molecular weight excluding hydrogens is 326 g/mol. The number of carbonyl (C=O) groups is 1. The highest BCUT2D eigenvalue weighted by atomic mass is 16.5. The summed E-state index contributed by atoms with van der Waals surface area (Å²) in [5, 5.41) is 3.01. The van der Waals surface area contributed by atoms with E-state index in [1.54, 1.807) is 7.11 Å². The number of benzene rings is 1. The van der Waals surface area contributed by atoms with E-state index in [-0.39, 0.29) is 5.91 Å². The van der Waals surface area contributed by atoms with Crippen molar-refractivity contribution in [1.82, 2.24) is 5.32 Å². The lowest BCUT2D eigenvalue weighted by Crippen LogP contribution is -2.24. The highest BCUT2D eigenvalue weighted by Crippen LogP contribution is 2.51. The van der Waals surface area contributed by atoms with Crippen molar-refractivity contribution < 1.29 is 14.3 Å². The summed E-state index contributed by atoms with van der Waals surface area (Å²) in [6.07, 6.45) is 7.19. The maximum atomic E-state index is 12.6. The van der Waals surface area contributed by atoms with Gasteiger partial charge in [-0.1, -0.05) is 19.9 Å². The molecular formula is C22H23NO3. The fourth-order valence-electron chi connectivity index (χ4n) is 3.33. The van der Waals surface area contributed by atoms with Gasteiger partial charge in [0.15, 0.2) is 0 Å². The predicted molar refractivity (Wildman–Crippen MR) is 101 cm³/mol. The Morgan fingerprint density at radius 1 is 1.23 bits per heavy atom. The SMILES string of the molecule is COc1cc(OCC(C)C)ccc1CNC(=O)C1=C2C=C3CC3=C2C=C1. The molecule has 4 heteroatoms. The van der Waals surface area contributed by atoms with Crippen molar-refractivity contribution >= 4 is 5.91 Å². The van der Waals surface area contributed by atoms with E-state index in [1.165, 1.54) is 16.7 Å². The maximum Gasteiger partial charge on any atom is 0.252 e. The number of carbonyl (C=O) groups excluding carboxylic acids is 1. The summed E-state index contributed by atoms with van der Waals surface area (Å²) in [7, 11) is 1.63. The molecule has 1 aromatic carbocycles. The normalized spacial score (nSPS) is 16.7. The minimum absolute atomic E-state index is 0.0489. The smallest absolute Gasteiger partial charge is 0.252 e. The molecule has 1 fully saturated rings. The second-order valence-electron chi connectivity index (χ2n) is 7.26. The first-order valence-corrected chi connectivity index (χ1v) is 9.01. The minimum atomic E-state index is -0.0489. The van der Waals surface area contributed by atoms with Gasteiger partial charge in [0, 0.05) is 23.7 Å². The Bertz CT molecular complexity index is 900. The van der Waals surface area contributed by atoms with Crippen molar-refractivity contribution in [3.05, 3.63) is 69.9 Å². The quantitative estimate of drug-likeness (QED) is 0.813. The molecule has 1 amide bonds. The number of ether oxygens (including phenoxy) is 2. The van der Waals surface area contributed by atoms with Gasteiger partial charge in [-0.3, -0.25) is 4.79 Å². The molecule has 134 valence electrons. The molecule has 0 unspecified atom stereocenters. The molecule has 1 saturated carbocycles. The number of amides is 1. The number of hydrogen-bond acceptors (Lipinski definition) is 3. The number of nitrogens with one attached hydrogen (secondary N) is 1. The second kappa shape index (κ2) is 6.52. The van der Waals surface area contributed by atoms with E-state index in [9.17, 15) is 4.79 Å². The average molecular weight is 349 g/mol. The van der Waals surface area contributed by atoms with Crippen molar-refractivity contribution in [3.63, 3.8) is 0 Å². The van der Waals surface area contributed by atoms with Crippen LogP contribution in [-0.2, 0) is 11.3 Å². The van der Waals surface area contributed by atoms with Crippen LogP contribution in [0.5, 0.6) is 11.5 Å². The van der Waals surface area contributed by atoms with E-state index in [4.69, 9.17) is 9.47 Å². The largest absolute Gasteiger partial charge is 0.496 e. The highest BCUT2D eigenvalue weighted by Gasteiger charge is 2.35. The van der Waals surface area contributed by atoms with Crippen LogP contribution in [0.3, 0.4) is 0 Å². The molecule has 4 rings (SSSR count). The van der Waals surface area contributed by atoms with Crippen LogP contribution >= 0.6 is 0 Å². The van der Waals surface area contributed by atoms with Crippen LogP contribution in [0.1, 0.15) is 25.8 Å². The molecule has 3 aliphatic rings. The molecule has 26 heavy (non-hydrogen) atoms. The van der Waals surface area contributed by atoms with E-state index in [0.29, 0.717) is 19.1 Å². The van der Waals surface area contributed by atoms with Crippen molar-refractivity contribution in [2.75, 3.05) is 13.7 Å². The molecule has 1 N–H and O–H groups in total. The van der Waals surface area contributed by atoms with Gasteiger partial charge in [0.1, 0.15) is 11.5 Å². The molecule has 0 heterocycles. The summed E-state index contributed by atoms with van der Waals surface area (Å²) in [5.74, 6) is 1.91. The summed E-state index contributed by atoms with van der Waals surface area (Å²) in [5.41, 5.74) is 6.76. The van der Waals surface area contributed by atoms with Crippen LogP contribution in [0, 0.1) is 5.92 Å². The Labute approximate surface area is 153 Å². The summed E-state index contributed by atoms with van der Waals surface area (Å²) in [6.45, 7) is 5.30. The number of allylic oxidation sites excluding steroid dienone is 6. The Balaban J connectivity index is 1.43. The molecule has 1 aromatic rings. The van der Waals surface area contributed by atoms with Gasteiger partial charge in [-0.05, 0) is 58.9 Å². The third-order valence-electron chi connectivity index (χ3n) is 4.80. The summed E-state index contributed by atoms with van der Waals surface area (Å²) >= 11 is 0. The van der Waals surface area contributed by atoms with Gasteiger partial charge in [-0.15, -0.1) is 0 Å². The number of fused-ring (bicyclic) bond motifs is 2. The number of rotatable bonds is 7. The van der Waals surface area contributed by atoms with Crippen LogP contribution in [0.15, 0.2) is 64.3 Å². The zero-order valence-electron chi connectivity index (χ0n) is 15.4. The molecule has 0 atom stereocenters. The molecule has 0 saturated heterocycles. The lowest BCUT2D eigenvalue weighted by Gasteiger charge is -2.14. The van der Waals surface area contributed by atoms with E-state index >= 15 is 0 Å². The van der Waals surface area contributed by atoms with Gasteiger partial charge in [0.2, 0.25) is 0 Å². The van der Waals surface area contributed by atoms with Crippen molar-refractivity contribution in [3.8, 4) is 11.5 Å². The molecule has 0 bridgehead atoms. The van der Waals surface area contributed by atoms with E-state index in [2.05, 4.69) is 31.3 Å². The Hall–Kier alpha value is -2.75. The maximum absolute atomic E-state index is 12.6. The van der Waals surface area contributed by atoms with Crippen molar-refractivity contribution in [1.29, 1.82) is 0 Å². The topological polar surface area (TPSA) is 47.6 Å². The minimum Gasteiger partial charge on any atom is -0.496 e. The molecule has 0 spiro atoms. The van der Waals surface area contributed by atoms with Gasteiger partial charge in [0.25, 0.3) is 5.91 Å². The fourth-order valence-corrected chi connectivity index (χ4v) is 3.33. The first-order valence-electron chi connectivity index (χ1n) is 9.01. The highest BCUT2D eigenvalue weighted by molar-refractivity contribution is 6.01. The van der Waals surface area contributed by atoms with Gasteiger partial charge >= 0.3 is 0 Å². The van der Waals surface area contributed by atoms with Crippen LogP contribution in [0.4, 0.5) is 0 Å². The molecule has 0 radical (unpaired) electrons. The predicted octanol–water partition coefficient (Wildman–Crippen LogP) is 3.85. The number of hydrogen-bond donors (Lipinski definition) is 1. The fraction of sp³-hybridized carbons (Fsp3) is 0.318. The van der Waals surface area contributed by atoms with E-state index < -0.39 is 0 Å². The van der Waals surface area contributed by atoms with Gasteiger partial charge in [-0.2, -0.15) is 0 Å². The Morgan fingerprint density at radius 3 is 2.85 bits per heavy atom. The third kappa shape index (κ3) is 3.07. The zero-order valence-corrected chi connectivity index (χ0v) is 15.4. The summed E-state index contributed by atoms with van der Waals surface area (Å²) in [6, 6.07) is 5.73. The first-order chi connectivity index (χ1) is 12.6. The van der Waals surface area contributed by atoms with Crippen molar-refractivity contribution in [2.24, 2.45) is 5.92 Å². The molecule has 4 nitrogen and oxygen atoms in total. The summed E-state index contributed by atoms with van der Waals surface area (Å²) < 4.78 is 11.2. The lowest BCUT2D eigenvalue weighted by molar-refractivity contribution is -0.117. The number of methoxy groups -OCH3 is 1. The van der Waals surface area contributed by atoms with E-state index in [0.717, 1.165) is 34.6 Å². The lowest BCUT2D eigenvalue weighted by atomic mass is 10.1.